The molecule has 0 aliphatic heterocycles. The molecular weight excluding hydrogens is 389 g/mol. The second-order valence-corrected chi connectivity index (χ2v) is 6.76. The number of nitro benzene ring substituents is 2. The lowest BCUT2D eigenvalue weighted by molar-refractivity contribution is -0.396. The van der Waals surface area contributed by atoms with Gasteiger partial charge in [-0.15, -0.1) is 0 Å². The van der Waals surface area contributed by atoms with Crippen LogP contribution >= 0.6 is 11.8 Å². The first-order valence-corrected chi connectivity index (χ1v) is 8.56. The summed E-state index contributed by atoms with van der Waals surface area (Å²) in [6, 6.07) is 2.90. The van der Waals surface area contributed by atoms with Crippen LogP contribution in [0.2, 0.25) is 0 Å². The van der Waals surface area contributed by atoms with E-state index in [-0.39, 0.29) is 27.7 Å². The van der Waals surface area contributed by atoms with Crippen LogP contribution in [0.5, 0.6) is 0 Å². The molecule has 1 aromatic heterocycles. The molecule has 0 saturated heterocycles. The SMILES string of the molecule is O=[N+]([O-])c1ccc(Sc2nc3c(c(C(F)(F)F)n2)CCCC3)c([N+](=O)[O-])c1. The lowest BCUT2D eigenvalue weighted by Crippen LogP contribution is -2.19. The maximum atomic E-state index is 13.4. The number of rotatable bonds is 4. The Morgan fingerprint density at radius 1 is 1.04 bits per heavy atom. The van der Waals surface area contributed by atoms with E-state index in [1.807, 2.05) is 0 Å². The van der Waals surface area contributed by atoms with Gasteiger partial charge in [0.2, 0.25) is 0 Å². The predicted octanol–water partition coefficient (Wildman–Crippen LogP) is 4.34. The summed E-state index contributed by atoms with van der Waals surface area (Å²) in [5.74, 6) is 0. The number of aryl methyl sites for hydroxylation is 1. The molecule has 0 fully saturated rings. The molecule has 0 saturated carbocycles. The van der Waals surface area contributed by atoms with Crippen molar-refractivity contribution in [2.45, 2.75) is 41.9 Å². The van der Waals surface area contributed by atoms with Gasteiger partial charge < -0.3 is 0 Å². The highest BCUT2D eigenvalue weighted by atomic mass is 32.2. The smallest absolute Gasteiger partial charge is 0.258 e. The normalized spacial score (nSPS) is 13.9. The van der Waals surface area contributed by atoms with E-state index in [1.165, 1.54) is 0 Å². The Bertz CT molecular complexity index is 936. The summed E-state index contributed by atoms with van der Waals surface area (Å²) >= 11 is 0.580. The van der Waals surface area contributed by atoms with Crippen LogP contribution in [-0.4, -0.2) is 19.8 Å². The van der Waals surface area contributed by atoms with Crippen molar-refractivity contribution in [2.24, 2.45) is 0 Å². The van der Waals surface area contributed by atoms with Gasteiger partial charge >= 0.3 is 6.18 Å². The van der Waals surface area contributed by atoms with E-state index in [0.29, 0.717) is 31.0 Å². The van der Waals surface area contributed by atoms with Gasteiger partial charge in [0.05, 0.1) is 20.8 Å². The Morgan fingerprint density at radius 2 is 1.74 bits per heavy atom. The van der Waals surface area contributed by atoms with Gasteiger partial charge in [-0.05, 0) is 43.5 Å². The molecule has 0 bridgehead atoms. The van der Waals surface area contributed by atoms with Crippen molar-refractivity contribution in [1.29, 1.82) is 0 Å². The fourth-order valence-corrected chi connectivity index (χ4v) is 3.66. The average molecular weight is 400 g/mol. The van der Waals surface area contributed by atoms with E-state index < -0.39 is 33.1 Å². The zero-order valence-corrected chi connectivity index (χ0v) is 14.3. The van der Waals surface area contributed by atoms with E-state index in [1.54, 1.807) is 0 Å². The molecule has 27 heavy (non-hydrogen) atoms. The Hall–Kier alpha value is -2.76. The molecule has 0 unspecified atom stereocenters. The van der Waals surface area contributed by atoms with Crippen LogP contribution < -0.4 is 0 Å². The first kappa shape index (κ1) is 19.0. The molecule has 0 N–H and O–H groups in total. The summed E-state index contributed by atoms with van der Waals surface area (Å²) in [6.07, 6.45) is -2.76. The van der Waals surface area contributed by atoms with Crippen molar-refractivity contribution < 1.29 is 23.0 Å². The molecule has 3 rings (SSSR count). The number of hydrogen-bond acceptors (Lipinski definition) is 7. The van der Waals surface area contributed by atoms with Crippen LogP contribution in [0.25, 0.3) is 0 Å². The zero-order chi connectivity index (χ0) is 19.8. The Kier molecular flexibility index (Phi) is 5.00. The van der Waals surface area contributed by atoms with Crippen molar-refractivity contribution >= 4 is 23.1 Å². The number of non-ortho nitro benzene ring substituents is 1. The molecule has 1 aliphatic rings. The Labute approximate surface area is 154 Å². The van der Waals surface area contributed by atoms with Crippen molar-refractivity contribution in [3.63, 3.8) is 0 Å². The molecule has 0 atom stereocenters. The largest absolute Gasteiger partial charge is 0.433 e. The summed E-state index contributed by atoms with van der Waals surface area (Å²) in [5.41, 5.74) is -1.76. The second-order valence-electron chi connectivity index (χ2n) is 5.75. The molecule has 0 amide bonds. The lowest BCUT2D eigenvalue weighted by atomic mass is 9.94. The number of nitrogens with zero attached hydrogens (tertiary/aromatic N) is 4. The second kappa shape index (κ2) is 7.10. The number of aromatic nitrogens is 2. The van der Waals surface area contributed by atoms with E-state index in [4.69, 9.17) is 0 Å². The van der Waals surface area contributed by atoms with Gasteiger partial charge in [-0.2, -0.15) is 13.2 Å². The molecule has 0 radical (unpaired) electrons. The van der Waals surface area contributed by atoms with Crippen LogP contribution in [0.3, 0.4) is 0 Å². The van der Waals surface area contributed by atoms with Crippen molar-refractivity contribution in [3.05, 3.63) is 55.4 Å². The van der Waals surface area contributed by atoms with Gasteiger partial charge in [-0.3, -0.25) is 20.2 Å². The summed E-state index contributed by atoms with van der Waals surface area (Å²) in [6.45, 7) is 0. The number of halogens is 3. The summed E-state index contributed by atoms with van der Waals surface area (Å²) in [4.78, 5) is 28.0. The molecule has 8 nitrogen and oxygen atoms in total. The van der Waals surface area contributed by atoms with Gasteiger partial charge in [0.15, 0.2) is 10.9 Å². The fourth-order valence-electron chi connectivity index (χ4n) is 2.80. The van der Waals surface area contributed by atoms with Gasteiger partial charge in [-0.25, -0.2) is 9.97 Å². The standard InChI is InChI=1S/C15H11F3N4O4S/c16-15(17,18)13-9-3-1-2-4-10(9)19-14(20-13)27-12-6-5-8(21(23)24)7-11(12)22(25)26/h5-7H,1-4H2. The van der Waals surface area contributed by atoms with Crippen LogP contribution in [0.15, 0.2) is 28.3 Å². The molecule has 142 valence electrons. The van der Waals surface area contributed by atoms with Crippen LogP contribution in [0.1, 0.15) is 29.8 Å². The van der Waals surface area contributed by atoms with Gasteiger partial charge in [0.25, 0.3) is 11.4 Å². The molecule has 12 heteroatoms. The van der Waals surface area contributed by atoms with Crippen LogP contribution in [0, 0.1) is 20.2 Å². The molecule has 0 spiro atoms. The maximum absolute atomic E-state index is 13.4. The first-order chi connectivity index (χ1) is 12.7. The highest BCUT2D eigenvalue weighted by molar-refractivity contribution is 7.99. The first-order valence-electron chi connectivity index (χ1n) is 7.74. The minimum absolute atomic E-state index is 0.0660. The third kappa shape index (κ3) is 3.99. The van der Waals surface area contributed by atoms with Gasteiger partial charge in [0, 0.05) is 17.3 Å². The van der Waals surface area contributed by atoms with Crippen molar-refractivity contribution in [2.75, 3.05) is 0 Å². The molecule has 2 aromatic rings. The molecule has 1 aliphatic carbocycles. The third-order valence-corrected chi connectivity index (χ3v) is 4.91. The number of benzene rings is 1. The van der Waals surface area contributed by atoms with E-state index >= 15 is 0 Å². The van der Waals surface area contributed by atoms with Gasteiger partial charge in [0.1, 0.15) is 0 Å². The van der Waals surface area contributed by atoms with Crippen molar-refractivity contribution in [1.82, 2.24) is 9.97 Å². The number of hydrogen-bond donors (Lipinski definition) is 0. The molecule has 1 aromatic carbocycles. The topological polar surface area (TPSA) is 112 Å². The Morgan fingerprint density at radius 3 is 2.37 bits per heavy atom. The average Bonchev–Trinajstić information content (AvgIpc) is 2.60. The summed E-state index contributed by atoms with van der Waals surface area (Å²) < 4.78 is 40.1. The maximum Gasteiger partial charge on any atom is 0.433 e. The number of fused-ring (bicyclic) bond motifs is 1. The third-order valence-electron chi connectivity index (χ3n) is 3.98. The van der Waals surface area contributed by atoms with E-state index in [9.17, 15) is 33.4 Å². The van der Waals surface area contributed by atoms with Crippen molar-refractivity contribution in [3.8, 4) is 0 Å². The molecule has 1 heterocycles. The predicted molar refractivity (Wildman–Crippen MR) is 87.5 cm³/mol. The van der Waals surface area contributed by atoms with E-state index in [0.717, 1.165) is 18.2 Å². The molecular formula is C15H11F3N4O4S. The van der Waals surface area contributed by atoms with Crippen LogP contribution in [0.4, 0.5) is 24.5 Å². The monoisotopic (exact) mass is 400 g/mol. The quantitative estimate of drug-likeness (QED) is 0.426. The number of alkyl halides is 3. The minimum Gasteiger partial charge on any atom is -0.258 e. The summed E-state index contributed by atoms with van der Waals surface area (Å²) in [7, 11) is 0. The zero-order valence-electron chi connectivity index (χ0n) is 13.5. The number of nitro groups is 2. The Balaban J connectivity index is 2.06. The van der Waals surface area contributed by atoms with Gasteiger partial charge in [-0.1, -0.05) is 0 Å². The fraction of sp³-hybridized carbons (Fsp3) is 0.333. The highest BCUT2D eigenvalue weighted by Crippen LogP contribution is 2.39. The van der Waals surface area contributed by atoms with Crippen LogP contribution in [-0.2, 0) is 19.0 Å². The van der Waals surface area contributed by atoms with E-state index in [2.05, 4.69) is 9.97 Å². The summed E-state index contributed by atoms with van der Waals surface area (Å²) in [5, 5.41) is 21.7. The minimum atomic E-state index is -4.67. The lowest BCUT2D eigenvalue weighted by Gasteiger charge is -2.20. The highest BCUT2D eigenvalue weighted by Gasteiger charge is 2.38.